The van der Waals surface area contributed by atoms with E-state index < -0.39 is 10.0 Å². The second-order valence-electron chi connectivity index (χ2n) is 5.59. The summed E-state index contributed by atoms with van der Waals surface area (Å²) in [7, 11) is -1.92. The van der Waals surface area contributed by atoms with Crippen LogP contribution in [0.15, 0.2) is 71.6 Å². The molecule has 0 fully saturated rings. The van der Waals surface area contributed by atoms with Crippen LogP contribution >= 0.6 is 0 Å². The summed E-state index contributed by atoms with van der Waals surface area (Å²) in [5.74, 6) is 0. The Morgan fingerprint density at radius 3 is 2.42 bits per heavy atom. The minimum absolute atomic E-state index is 0.243. The lowest BCUT2D eigenvalue weighted by Crippen LogP contribution is -2.23. The van der Waals surface area contributed by atoms with Crippen LogP contribution in [-0.2, 0) is 27.9 Å². The Morgan fingerprint density at radius 1 is 0.875 bits per heavy atom. The summed E-state index contributed by atoms with van der Waals surface area (Å²) in [6, 6.07) is 20.5. The van der Waals surface area contributed by atoms with E-state index >= 15 is 0 Å². The minimum atomic E-state index is -3.56. The number of nitrogens with one attached hydrogen (secondary N) is 1. The zero-order valence-corrected chi connectivity index (χ0v) is 14.2. The molecule has 0 aliphatic rings. The van der Waals surface area contributed by atoms with Crippen molar-refractivity contribution < 1.29 is 13.2 Å². The molecule has 124 valence electrons. The molecule has 0 heterocycles. The summed E-state index contributed by atoms with van der Waals surface area (Å²) in [5, 5.41) is 1.92. The smallest absolute Gasteiger partial charge is 0.240 e. The standard InChI is InChI=1S/C19H19NO3S/c1-23-14-16-6-4-5-15(11-16)13-20-24(21,22)19-10-9-17-7-2-3-8-18(17)12-19/h2-12,20H,13-14H2,1H3. The monoisotopic (exact) mass is 341 g/mol. The van der Waals surface area contributed by atoms with Crippen molar-refractivity contribution in [2.45, 2.75) is 18.0 Å². The molecular formula is C19H19NO3S. The van der Waals surface area contributed by atoms with Crippen LogP contribution in [0.25, 0.3) is 10.8 Å². The lowest BCUT2D eigenvalue weighted by Gasteiger charge is -2.09. The van der Waals surface area contributed by atoms with Gasteiger partial charge in [0.25, 0.3) is 0 Å². The Kier molecular flexibility index (Phi) is 4.94. The van der Waals surface area contributed by atoms with Gasteiger partial charge < -0.3 is 4.74 Å². The molecule has 0 saturated carbocycles. The molecular weight excluding hydrogens is 322 g/mol. The summed E-state index contributed by atoms with van der Waals surface area (Å²) in [6.45, 7) is 0.748. The van der Waals surface area contributed by atoms with Crippen molar-refractivity contribution in [2.75, 3.05) is 7.11 Å². The summed E-state index contributed by atoms with van der Waals surface area (Å²) in [4.78, 5) is 0.272. The number of sulfonamides is 1. The van der Waals surface area contributed by atoms with E-state index in [2.05, 4.69) is 4.72 Å². The van der Waals surface area contributed by atoms with Gasteiger partial charge in [-0.15, -0.1) is 0 Å². The van der Waals surface area contributed by atoms with Crippen LogP contribution in [0.1, 0.15) is 11.1 Å². The van der Waals surface area contributed by atoms with Gasteiger partial charge in [0.15, 0.2) is 0 Å². The van der Waals surface area contributed by atoms with Crippen LogP contribution in [0.2, 0.25) is 0 Å². The average Bonchev–Trinajstić information content (AvgIpc) is 2.60. The fourth-order valence-electron chi connectivity index (χ4n) is 2.59. The number of ether oxygens (including phenoxy) is 1. The first-order valence-corrected chi connectivity index (χ1v) is 9.12. The zero-order chi connectivity index (χ0) is 17.0. The topological polar surface area (TPSA) is 55.4 Å². The van der Waals surface area contributed by atoms with Gasteiger partial charge in [-0.2, -0.15) is 0 Å². The van der Waals surface area contributed by atoms with Gasteiger partial charge in [-0.05, 0) is 34.0 Å². The molecule has 5 heteroatoms. The highest BCUT2D eigenvalue weighted by molar-refractivity contribution is 7.89. The van der Waals surface area contributed by atoms with Gasteiger partial charge >= 0.3 is 0 Å². The Bertz CT molecular complexity index is 951. The summed E-state index contributed by atoms with van der Waals surface area (Å²) in [6.07, 6.45) is 0. The van der Waals surface area contributed by atoms with E-state index in [-0.39, 0.29) is 11.4 Å². The van der Waals surface area contributed by atoms with E-state index in [9.17, 15) is 8.42 Å². The zero-order valence-electron chi connectivity index (χ0n) is 13.4. The molecule has 4 nitrogen and oxygen atoms in total. The van der Waals surface area contributed by atoms with Crippen LogP contribution in [0.4, 0.5) is 0 Å². The summed E-state index contributed by atoms with van der Waals surface area (Å²) in [5.41, 5.74) is 1.91. The van der Waals surface area contributed by atoms with Gasteiger partial charge in [0, 0.05) is 13.7 Å². The largest absolute Gasteiger partial charge is 0.380 e. The van der Waals surface area contributed by atoms with E-state index in [0.717, 1.165) is 21.9 Å². The first-order chi connectivity index (χ1) is 11.6. The Morgan fingerprint density at radius 2 is 1.62 bits per heavy atom. The number of hydrogen-bond acceptors (Lipinski definition) is 3. The maximum Gasteiger partial charge on any atom is 0.240 e. The first kappa shape index (κ1) is 16.6. The molecule has 3 aromatic carbocycles. The third kappa shape index (κ3) is 3.82. The molecule has 3 aromatic rings. The van der Waals surface area contributed by atoms with E-state index in [1.165, 1.54) is 0 Å². The van der Waals surface area contributed by atoms with Crippen molar-refractivity contribution in [3.05, 3.63) is 77.9 Å². The molecule has 0 aliphatic heterocycles. The predicted molar refractivity (Wildman–Crippen MR) is 95.1 cm³/mol. The van der Waals surface area contributed by atoms with Crippen molar-refractivity contribution in [3.63, 3.8) is 0 Å². The maximum absolute atomic E-state index is 12.5. The maximum atomic E-state index is 12.5. The van der Waals surface area contributed by atoms with Gasteiger partial charge in [0.05, 0.1) is 11.5 Å². The first-order valence-electron chi connectivity index (χ1n) is 7.64. The number of benzene rings is 3. The van der Waals surface area contributed by atoms with E-state index in [0.29, 0.717) is 6.61 Å². The van der Waals surface area contributed by atoms with Gasteiger partial charge in [-0.3, -0.25) is 0 Å². The van der Waals surface area contributed by atoms with E-state index in [1.54, 1.807) is 19.2 Å². The van der Waals surface area contributed by atoms with E-state index in [4.69, 9.17) is 4.74 Å². The highest BCUT2D eigenvalue weighted by Crippen LogP contribution is 2.19. The second-order valence-corrected chi connectivity index (χ2v) is 7.35. The number of methoxy groups -OCH3 is 1. The van der Waals surface area contributed by atoms with Gasteiger partial charge in [0.2, 0.25) is 10.0 Å². The highest BCUT2D eigenvalue weighted by atomic mass is 32.2. The Labute approximate surface area is 142 Å². The molecule has 3 rings (SSSR count). The van der Waals surface area contributed by atoms with E-state index in [1.807, 2.05) is 54.6 Å². The fourth-order valence-corrected chi connectivity index (χ4v) is 3.64. The molecule has 0 aliphatic carbocycles. The molecule has 24 heavy (non-hydrogen) atoms. The molecule has 0 amide bonds. The van der Waals surface area contributed by atoms with Gasteiger partial charge in [0.1, 0.15) is 0 Å². The van der Waals surface area contributed by atoms with Crippen LogP contribution in [0.3, 0.4) is 0 Å². The molecule has 1 N–H and O–H groups in total. The van der Waals surface area contributed by atoms with Crippen molar-refractivity contribution in [2.24, 2.45) is 0 Å². The van der Waals surface area contributed by atoms with Gasteiger partial charge in [-0.25, -0.2) is 13.1 Å². The SMILES string of the molecule is COCc1cccc(CNS(=O)(=O)c2ccc3ccccc3c2)c1. The molecule has 0 atom stereocenters. The average molecular weight is 341 g/mol. The minimum Gasteiger partial charge on any atom is -0.380 e. The van der Waals surface area contributed by atoms with Crippen LogP contribution in [-0.4, -0.2) is 15.5 Å². The third-order valence-corrected chi connectivity index (χ3v) is 5.20. The van der Waals surface area contributed by atoms with Crippen LogP contribution in [0.5, 0.6) is 0 Å². The molecule has 0 aromatic heterocycles. The highest BCUT2D eigenvalue weighted by Gasteiger charge is 2.14. The molecule has 0 bridgehead atoms. The molecule has 0 radical (unpaired) electrons. The van der Waals surface area contributed by atoms with Crippen molar-refractivity contribution in [3.8, 4) is 0 Å². The third-order valence-electron chi connectivity index (χ3n) is 3.80. The van der Waals surface area contributed by atoms with Crippen molar-refractivity contribution in [1.29, 1.82) is 0 Å². The molecule has 0 unspecified atom stereocenters. The van der Waals surface area contributed by atoms with Gasteiger partial charge in [-0.1, -0.05) is 54.6 Å². The lowest BCUT2D eigenvalue weighted by molar-refractivity contribution is 0.185. The summed E-state index contributed by atoms with van der Waals surface area (Å²) >= 11 is 0. The van der Waals surface area contributed by atoms with Crippen molar-refractivity contribution in [1.82, 2.24) is 4.72 Å². The Balaban J connectivity index is 1.78. The number of rotatable bonds is 6. The fraction of sp³-hybridized carbons (Fsp3) is 0.158. The predicted octanol–water partition coefficient (Wildman–Crippen LogP) is 3.46. The quantitative estimate of drug-likeness (QED) is 0.747. The lowest BCUT2D eigenvalue weighted by atomic mass is 10.1. The van der Waals surface area contributed by atoms with Crippen LogP contribution < -0.4 is 4.72 Å². The normalized spacial score (nSPS) is 11.7. The number of fused-ring (bicyclic) bond motifs is 1. The molecule has 0 saturated heterocycles. The van der Waals surface area contributed by atoms with Crippen LogP contribution in [0, 0.1) is 0 Å². The van der Waals surface area contributed by atoms with Crippen molar-refractivity contribution >= 4 is 20.8 Å². The summed E-state index contributed by atoms with van der Waals surface area (Å²) < 4.78 is 32.8. The molecule has 0 spiro atoms. The second kappa shape index (κ2) is 7.13. The Hall–Kier alpha value is -2.21. The number of hydrogen-bond donors (Lipinski definition) is 1.